The van der Waals surface area contributed by atoms with Crippen molar-refractivity contribution < 1.29 is 22.4 Å². The second-order valence-electron chi connectivity index (χ2n) is 3.52. The van der Waals surface area contributed by atoms with Gasteiger partial charge in [0.2, 0.25) is 0 Å². The predicted molar refractivity (Wildman–Crippen MR) is 53.8 cm³/mol. The molecule has 1 aromatic rings. The Bertz CT molecular complexity index is 431. The average molecular weight is 250 g/mol. The van der Waals surface area contributed by atoms with E-state index in [1.54, 1.807) is 0 Å². The number of anilines is 1. The lowest BCUT2D eigenvalue weighted by Gasteiger charge is -2.19. The van der Waals surface area contributed by atoms with Gasteiger partial charge in [-0.3, -0.25) is 4.79 Å². The van der Waals surface area contributed by atoms with Gasteiger partial charge in [0.15, 0.2) is 0 Å². The normalized spacial score (nSPS) is 11.4. The van der Waals surface area contributed by atoms with E-state index in [1.807, 2.05) is 0 Å². The highest BCUT2D eigenvalue weighted by Crippen LogP contribution is 2.18. The van der Waals surface area contributed by atoms with Gasteiger partial charge in [0.25, 0.3) is 5.91 Å². The first-order chi connectivity index (χ1) is 7.70. The number of amides is 1. The fraction of sp³-hybridized carbons (Fsp3) is 0.300. The summed E-state index contributed by atoms with van der Waals surface area (Å²) in [6, 6.07) is 3.19. The molecule has 1 aromatic carbocycles. The van der Waals surface area contributed by atoms with Crippen LogP contribution in [0.25, 0.3) is 0 Å². The summed E-state index contributed by atoms with van der Waals surface area (Å²) >= 11 is 0. The molecule has 2 N–H and O–H groups in total. The van der Waals surface area contributed by atoms with E-state index in [2.05, 4.69) is 0 Å². The molecule has 7 heteroatoms. The maximum absolute atomic E-state index is 13.3. The topological polar surface area (TPSA) is 46.3 Å². The summed E-state index contributed by atoms with van der Waals surface area (Å²) in [7, 11) is 0.950. The molecule has 3 nitrogen and oxygen atoms in total. The van der Waals surface area contributed by atoms with Crippen LogP contribution in [0.3, 0.4) is 0 Å². The number of nitrogens with zero attached hydrogens (tertiary/aromatic N) is 1. The van der Waals surface area contributed by atoms with E-state index in [9.17, 15) is 22.4 Å². The van der Waals surface area contributed by atoms with Crippen LogP contribution >= 0.6 is 0 Å². The highest BCUT2D eigenvalue weighted by Gasteiger charge is 2.32. The van der Waals surface area contributed by atoms with Crippen LogP contribution in [0.5, 0.6) is 0 Å². The van der Waals surface area contributed by atoms with Crippen molar-refractivity contribution >= 4 is 11.6 Å². The van der Waals surface area contributed by atoms with Gasteiger partial charge in [-0.1, -0.05) is 0 Å². The number of carbonyl (C=O) groups excluding carboxylic acids is 1. The average Bonchev–Trinajstić information content (AvgIpc) is 2.14. The van der Waals surface area contributed by atoms with E-state index in [-0.39, 0.29) is 5.69 Å². The molecular weight excluding hydrogens is 240 g/mol. The maximum Gasteiger partial charge on any atom is 0.406 e. The maximum atomic E-state index is 13.3. The minimum absolute atomic E-state index is 0.0949. The second-order valence-corrected chi connectivity index (χ2v) is 3.52. The van der Waals surface area contributed by atoms with Gasteiger partial charge in [0.05, 0.1) is 5.56 Å². The number of hydrogen-bond acceptors (Lipinski definition) is 2. The fourth-order valence-electron chi connectivity index (χ4n) is 1.25. The Kier molecular flexibility index (Phi) is 3.59. The Morgan fingerprint density at radius 2 is 2.00 bits per heavy atom. The third kappa shape index (κ3) is 3.61. The number of rotatable bonds is 2. The van der Waals surface area contributed by atoms with Crippen LogP contribution in [0, 0.1) is 5.82 Å². The SMILES string of the molecule is CN(CC(F)(F)F)C(=O)c1ccc(N)cc1F. The molecule has 0 unspecified atom stereocenters. The summed E-state index contributed by atoms with van der Waals surface area (Å²) < 4.78 is 49.4. The summed E-state index contributed by atoms with van der Waals surface area (Å²) in [6.07, 6.45) is -4.52. The molecule has 0 aliphatic carbocycles. The Morgan fingerprint density at radius 3 is 2.47 bits per heavy atom. The predicted octanol–water partition coefficient (Wildman–Crippen LogP) is 2.04. The number of nitrogen functional groups attached to an aromatic ring is 1. The molecule has 0 saturated carbocycles. The van der Waals surface area contributed by atoms with Crippen molar-refractivity contribution in [1.29, 1.82) is 0 Å². The number of alkyl halides is 3. The molecule has 94 valence electrons. The molecule has 1 amide bonds. The monoisotopic (exact) mass is 250 g/mol. The second kappa shape index (κ2) is 4.60. The van der Waals surface area contributed by atoms with Crippen molar-refractivity contribution in [3.63, 3.8) is 0 Å². The number of halogens is 4. The molecular formula is C10H10F4N2O. The molecule has 0 saturated heterocycles. The third-order valence-electron chi connectivity index (χ3n) is 1.99. The largest absolute Gasteiger partial charge is 0.406 e. The van der Waals surface area contributed by atoms with E-state index in [4.69, 9.17) is 5.73 Å². The van der Waals surface area contributed by atoms with Gasteiger partial charge in [-0.25, -0.2) is 4.39 Å². The standard InChI is InChI=1S/C10H10F4N2O/c1-16(5-10(12,13)14)9(17)7-3-2-6(15)4-8(7)11/h2-4H,5,15H2,1H3. The summed E-state index contributed by atoms with van der Waals surface area (Å²) in [4.78, 5) is 11.9. The molecule has 0 aromatic heterocycles. The van der Waals surface area contributed by atoms with Gasteiger partial charge < -0.3 is 10.6 Å². The van der Waals surface area contributed by atoms with E-state index in [0.717, 1.165) is 19.2 Å². The van der Waals surface area contributed by atoms with Crippen molar-refractivity contribution in [3.05, 3.63) is 29.6 Å². The van der Waals surface area contributed by atoms with Crippen molar-refractivity contribution in [2.75, 3.05) is 19.3 Å². The summed E-state index contributed by atoms with van der Waals surface area (Å²) in [5.74, 6) is -1.98. The molecule has 0 heterocycles. The van der Waals surface area contributed by atoms with E-state index in [0.29, 0.717) is 4.90 Å². The van der Waals surface area contributed by atoms with Gasteiger partial charge in [-0.15, -0.1) is 0 Å². The molecule has 0 aliphatic rings. The Hall–Kier alpha value is -1.79. The van der Waals surface area contributed by atoms with Crippen LogP contribution in [0.15, 0.2) is 18.2 Å². The first kappa shape index (κ1) is 13.3. The minimum atomic E-state index is -4.52. The smallest absolute Gasteiger partial charge is 0.399 e. The van der Waals surface area contributed by atoms with Gasteiger partial charge >= 0.3 is 6.18 Å². The number of benzene rings is 1. The number of hydrogen-bond donors (Lipinski definition) is 1. The third-order valence-corrected chi connectivity index (χ3v) is 1.99. The van der Waals surface area contributed by atoms with Gasteiger partial charge in [0, 0.05) is 12.7 Å². The molecule has 0 radical (unpaired) electrons. The first-order valence-electron chi connectivity index (χ1n) is 4.58. The molecule has 1 rings (SSSR count). The van der Waals surface area contributed by atoms with Crippen LogP contribution in [0.2, 0.25) is 0 Å². The zero-order chi connectivity index (χ0) is 13.2. The number of carbonyl (C=O) groups is 1. The van der Waals surface area contributed by atoms with Crippen LogP contribution < -0.4 is 5.73 Å². The highest BCUT2D eigenvalue weighted by atomic mass is 19.4. The Labute approximate surface area is 94.8 Å². The van der Waals surface area contributed by atoms with Crippen molar-refractivity contribution in [2.24, 2.45) is 0 Å². The minimum Gasteiger partial charge on any atom is -0.399 e. The van der Waals surface area contributed by atoms with E-state index >= 15 is 0 Å². The van der Waals surface area contributed by atoms with Crippen molar-refractivity contribution in [2.45, 2.75) is 6.18 Å². The lowest BCUT2D eigenvalue weighted by Crippen LogP contribution is -2.36. The zero-order valence-corrected chi connectivity index (χ0v) is 8.88. The van der Waals surface area contributed by atoms with Crippen LogP contribution in [-0.4, -0.2) is 30.6 Å². The Morgan fingerprint density at radius 1 is 1.41 bits per heavy atom. The highest BCUT2D eigenvalue weighted by molar-refractivity contribution is 5.94. The van der Waals surface area contributed by atoms with E-state index < -0.39 is 30.0 Å². The first-order valence-corrected chi connectivity index (χ1v) is 4.58. The quantitative estimate of drug-likeness (QED) is 0.645. The molecule has 0 atom stereocenters. The van der Waals surface area contributed by atoms with Crippen molar-refractivity contribution in [3.8, 4) is 0 Å². The van der Waals surface area contributed by atoms with Crippen molar-refractivity contribution in [1.82, 2.24) is 4.90 Å². The van der Waals surface area contributed by atoms with E-state index in [1.165, 1.54) is 6.07 Å². The van der Waals surface area contributed by atoms with Gasteiger partial charge in [-0.05, 0) is 18.2 Å². The van der Waals surface area contributed by atoms with Crippen LogP contribution in [0.1, 0.15) is 10.4 Å². The summed E-state index contributed by atoms with van der Waals surface area (Å²) in [5, 5.41) is 0. The van der Waals surface area contributed by atoms with Crippen LogP contribution in [-0.2, 0) is 0 Å². The lowest BCUT2D eigenvalue weighted by molar-refractivity contribution is -0.138. The molecule has 0 bridgehead atoms. The summed E-state index contributed by atoms with van der Waals surface area (Å²) in [5.41, 5.74) is 4.92. The molecule has 17 heavy (non-hydrogen) atoms. The van der Waals surface area contributed by atoms with Gasteiger partial charge in [0.1, 0.15) is 12.4 Å². The lowest BCUT2D eigenvalue weighted by atomic mass is 10.1. The Balaban J connectivity index is 2.89. The molecule has 0 aliphatic heterocycles. The zero-order valence-electron chi connectivity index (χ0n) is 8.88. The van der Waals surface area contributed by atoms with Crippen LogP contribution in [0.4, 0.5) is 23.2 Å². The fourth-order valence-corrected chi connectivity index (χ4v) is 1.25. The molecule has 0 spiro atoms. The van der Waals surface area contributed by atoms with Gasteiger partial charge in [-0.2, -0.15) is 13.2 Å². The summed E-state index contributed by atoms with van der Waals surface area (Å²) in [6.45, 7) is -1.43. The molecule has 0 fully saturated rings. The number of nitrogens with two attached hydrogens (primary N) is 1.